The minimum absolute atomic E-state index is 0. The van der Waals surface area contributed by atoms with Crippen LogP contribution in [0.4, 0.5) is 0 Å². The average molecular weight is 380 g/mol. The summed E-state index contributed by atoms with van der Waals surface area (Å²) in [5.74, 6) is 1.19. The van der Waals surface area contributed by atoms with Gasteiger partial charge in [-0.25, -0.2) is 0 Å². The van der Waals surface area contributed by atoms with E-state index in [-0.39, 0.29) is 30.7 Å². The van der Waals surface area contributed by atoms with Crippen molar-refractivity contribution in [3.05, 3.63) is 66.0 Å². The molecule has 0 N–H and O–H groups in total. The van der Waals surface area contributed by atoms with Crippen molar-refractivity contribution >= 4 is 30.7 Å². The molecule has 4 nitrogen and oxygen atoms in total. The standard InChI is InChI=1S/C19H21N3O.2ClH/c1-21-11-16-12-22(19(23)15-8-5-9-20-10-15)13-17(16)18(21)14-6-3-2-4-7-14;;/h2-10,16-18H,11-13H2,1H3;2*1H/t16-,17+,18-;;/m0../s1. The van der Waals surface area contributed by atoms with E-state index in [2.05, 4.69) is 47.3 Å². The van der Waals surface area contributed by atoms with Crippen molar-refractivity contribution in [1.29, 1.82) is 0 Å². The van der Waals surface area contributed by atoms with Crippen LogP contribution in [0.5, 0.6) is 0 Å². The zero-order valence-electron chi connectivity index (χ0n) is 14.1. The Bertz CT molecular complexity index is 698. The number of carbonyl (C=O) groups excluding carboxylic acids is 1. The highest BCUT2D eigenvalue weighted by atomic mass is 35.5. The number of hydrogen-bond donors (Lipinski definition) is 0. The summed E-state index contributed by atoms with van der Waals surface area (Å²) in [4.78, 5) is 21.2. The Morgan fingerprint density at radius 2 is 1.80 bits per heavy atom. The minimum atomic E-state index is 0. The van der Waals surface area contributed by atoms with Crippen LogP contribution >= 0.6 is 24.8 Å². The first-order chi connectivity index (χ1) is 11.2. The summed E-state index contributed by atoms with van der Waals surface area (Å²) in [6.45, 7) is 2.75. The van der Waals surface area contributed by atoms with Gasteiger partial charge in [-0.15, -0.1) is 24.8 Å². The van der Waals surface area contributed by atoms with Crippen LogP contribution in [-0.4, -0.2) is 47.4 Å². The van der Waals surface area contributed by atoms with Gasteiger partial charge in [0.2, 0.25) is 0 Å². The van der Waals surface area contributed by atoms with Crippen LogP contribution in [0.2, 0.25) is 0 Å². The van der Waals surface area contributed by atoms with Crippen LogP contribution in [0.15, 0.2) is 54.9 Å². The van der Waals surface area contributed by atoms with Gasteiger partial charge in [-0.05, 0) is 30.7 Å². The largest absolute Gasteiger partial charge is 0.338 e. The zero-order chi connectivity index (χ0) is 15.8. The Labute approximate surface area is 161 Å². The van der Waals surface area contributed by atoms with Crippen LogP contribution in [0.3, 0.4) is 0 Å². The van der Waals surface area contributed by atoms with Crippen molar-refractivity contribution in [3.63, 3.8) is 0 Å². The van der Waals surface area contributed by atoms with E-state index in [1.807, 2.05) is 17.0 Å². The molecular formula is C19H23Cl2N3O. The number of rotatable bonds is 2. The van der Waals surface area contributed by atoms with Gasteiger partial charge in [-0.2, -0.15) is 0 Å². The number of halogens is 2. The van der Waals surface area contributed by atoms with Crippen molar-refractivity contribution < 1.29 is 4.79 Å². The molecule has 0 spiro atoms. The molecule has 1 amide bonds. The Morgan fingerprint density at radius 3 is 2.48 bits per heavy atom. The van der Waals surface area contributed by atoms with Gasteiger partial charge in [0.05, 0.1) is 5.56 Å². The van der Waals surface area contributed by atoms with Crippen LogP contribution in [-0.2, 0) is 0 Å². The summed E-state index contributed by atoms with van der Waals surface area (Å²) < 4.78 is 0. The molecule has 2 aliphatic rings. The van der Waals surface area contributed by atoms with Gasteiger partial charge in [0.1, 0.15) is 0 Å². The second-order valence-corrected chi connectivity index (χ2v) is 6.67. The Morgan fingerprint density at radius 1 is 1.04 bits per heavy atom. The molecule has 3 atom stereocenters. The maximum absolute atomic E-state index is 12.7. The lowest BCUT2D eigenvalue weighted by atomic mass is 9.90. The van der Waals surface area contributed by atoms with Crippen LogP contribution in [0.25, 0.3) is 0 Å². The predicted molar refractivity (Wildman–Crippen MR) is 103 cm³/mol. The van der Waals surface area contributed by atoms with Crippen molar-refractivity contribution in [3.8, 4) is 0 Å². The van der Waals surface area contributed by atoms with E-state index in [1.165, 1.54) is 5.56 Å². The fourth-order valence-electron chi connectivity index (χ4n) is 4.25. The molecule has 4 rings (SSSR count). The fourth-order valence-corrected chi connectivity index (χ4v) is 4.25. The first kappa shape index (κ1) is 19.7. The first-order valence-electron chi connectivity index (χ1n) is 8.18. The number of likely N-dealkylation sites (tertiary alicyclic amines) is 2. The summed E-state index contributed by atoms with van der Waals surface area (Å²) in [7, 11) is 2.20. The van der Waals surface area contributed by atoms with E-state index < -0.39 is 0 Å². The molecule has 0 aliphatic carbocycles. The molecule has 25 heavy (non-hydrogen) atoms. The second-order valence-electron chi connectivity index (χ2n) is 6.67. The van der Waals surface area contributed by atoms with Crippen molar-refractivity contribution in [2.75, 3.05) is 26.7 Å². The third-order valence-corrected chi connectivity index (χ3v) is 5.23. The molecule has 2 saturated heterocycles. The van der Waals surface area contributed by atoms with Gasteiger partial charge in [-0.3, -0.25) is 14.7 Å². The van der Waals surface area contributed by atoms with E-state index in [1.54, 1.807) is 12.4 Å². The molecule has 3 heterocycles. The smallest absolute Gasteiger partial charge is 0.255 e. The highest BCUT2D eigenvalue weighted by molar-refractivity contribution is 5.94. The Balaban J connectivity index is 0.00000113. The van der Waals surface area contributed by atoms with Gasteiger partial charge >= 0.3 is 0 Å². The van der Waals surface area contributed by atoms with Gasteiger partial charge < -0.3 is 4.90 Å². The van der Waals surface area contributed by atoms with E-state index in [0.717, 1.165) is 19.6 Å². The van der Waals surface area contributed by atoms with Gasteiger partial charge in [-0.1, -0.05) is 30.3 Å². The number of nitrogens with zero attached hydrogens (tertiary/aromatic N) is 3. The maximum atomic E-state index is 12.7. The minimum Gasteiger partial charge on any atom is -0.338 e. The highest BCUT2D eigenvalue weighted by Gasteiger charge is 2.47. The van der Waals surface area contributed by atoms with E-state index in [9.17, 15) is 4.79 Å². The van der Waals surface area contributed by atoms with E-state index >= 15 is 0 Å². The number of hydrogen-bond acceptors (Lipinski definition) is 3. The van der Waals surface area contributed by atoms with Gasteiger partial charge in [0, 0.05) is 44.0 Å². The van der Waals surface area contributed by atoms with Gasteiger partial charge in [0.15, 0.2) is 0 Å². The Kier molecular flexibility index (Phi) is 6.44. The molecule has 1 aromatic carbocycles. The second kappa shape index (κ2) is 8.17. The summed E-state index contributed by atoms with van der Waals surface area (Å²) >= 11 is 0. The molecule has 6 heteroatoms. The first-order valence-corrected chi connectivity index (χ1v) is 8.18. The SMILES string of the molecule is CN1C[C@H]2CN(C(=O)c3cccnc3)C[C@H]2[C@@H]1c1ccccc1.Cl.Cl. The number of amides is 1. The third-order valence-electron chi connectivity index (χ3n) is 5.23. The number of aromatic nitrogens is 1. The van der Waals surface area contributed by atoms with Crippen LogP contribution in [0, 0.1) is 11.8 Å². The molecule has 0 radical (unpaired) electrons. The van der Waals surface area contributed by atoms with Gasteiger partial charge in [0.25, 0.3) is 5.91 Å². The normalized spacial score (nSPS) is 25.0. The topological polar surface area (TPSA) is 36.4 Å². The molecule has 1 aromatic heterocycles. The van der Waals surface area contributed by atoms with Crippen molar-refractivity contribution in [1.82, 2.24) is 14.8 Å². The highest BCUT2D eigenvalue weighted by Crippen LogP contribution is 2.44. The number of pyridine rings is 1. The molecule has 2 aliphatic heterocycles. The summed E-state index contributed by atoms with van der Waals surface area (Å²) in [5.41, 5.74) is 2.05. The van der Waals surface area contributed by atoms with Crippen LogP contribution < -0.4 is 0 Å². The molecule has 2 fully saturated rings. The van der Waals surface area contributed by atoms with E-state index in [0.29, 0.717) is 23.4 Å². The quantitative estimate of drug-likeness (QED) is 0.802. The fraction of sp³-hybridized carbons (Fsp3) is 0.368. The summed E-state index contributed by atoms with van der Waals surface area (Å²) in [6, 6.07) is 14.8. The lowest BCUT2D eigenvalue weighted by molar-refractivity contribution is 0.0767. The molecule has 0 saturated carbocycles. The van der Waals surface area contributed by atoms with Crippen molar-refractivity contribution in [2.45, 2.75) is 6.04 Å². The van der Waals surface area contributed by atoms with Crippen LogP contribution in [0.1, 0.15) is 22.0 Å². The molecular weight excluding hydrogens is 357 g/mol. The number of carbonyl (C=O) groups is 1. The van der Waals surface area contributed by atoms with Crippen molar-refractivity contribution in [2.24, 2.45) is 11.8 Å². The Hall–Kier alpha value is -1.62. The maximum Gasteiger partial charge on any atom is 0.255 e. The zero-order valence-corrected chi connectivity index (χ0v) is 15.7. The molecule has 0 unspecified atom stereocenters. The number of benzene rings is 1. The monoisotopic (exact) mass is 379 g/mol. The summed E-state index contributed by atoms with van der Waals surface area (Å²) in [6.07, 6.45) is 3.37. The average Bonchev–Trinajstić information content (AvgIpc) is 3.12. The molecule has 134 valence electrons. The van der Waals surface area contributed by atoms with E-state index in [4.69, 9.17) is 0 Å². The lowest BCUT2D eigenvalue weighted by Crippen LogP contribution is -2.33. The third kappa shape index (κ3) is 3.66. The lowest BCUT2D eigenvalue weighted by Gasteiger charge is -2.26. The molecule has 2 aromatic rings. The predicted octanol–water partition coefficient (Wildman–Crippen LogP) is 3.30. The summed E-state index contributed by atoms with van der Waals surface area (Å²) in [5, 5.41) is 0. The number of fused-ring (bicyclic) bond motifs is 1. The molecule has 0 bridgehead atoms.